The first-order chi connectivity index (χ1) is 13.5. The van der Waals surface area contributed by atoms with E-state index in [1.807, 2.05) is 26.0 Å². The zero-order valence-corrected chi connectivity index (χ0v) is 17.2. The first-order valence-electron chi connectivity index (χ1n) is 9.47. The molecule has 0 saturated carbocycles. The van der Waals surface area contributed by atoms with Crippen LogP contribution in [0, 0.1) is 13.8 Å². The molecule has 0 radical (unpaired) electrons. The van der Waals surface area contributed by atoms with E-state index in [1.54, 1.807) is 24.3 Å². The average Bonchev–Trinajstić information content (AvgIpc) is 2.71. The molecule has 152 valence electrons. The Hall–Kier alpha value is -2.09. The molecule has 0 spiro atoms. The molecule has 0 N–H and O–H groups in total. The van der Waals surface area contributed by atoms with Crippen LogP contribution in [0.25, 0.3) is 0 Å². The van der Waals surface area contributed by atoms with Crippen molar-refractivity contribution in [1.29, 1.82) is 0 Å². The number of ether oxygens (including phenoxy) is 3. The van der Waals surface area contributed by atoms with Crippen LogP contribution in [0.3, 0.4) is 0 Å². The number of hydrogen-bond donors (Lipinski definition) is 0. The van der Waals surface area contributed by atoms with Crippen LogP contribution in [0.4, 0.5) is 0 Å². The van der Waals surface area contributed by atoms with Gasteiger partial charge in [-0.3, -0.25) is 0 Å². The van der Waals surface area contributed by atoms with E-state index in [4.69, 9.17) is 14.2 Å². The summed E-state index contributed by atoms with van der Waals surface area (Å²) in [4.78, 5) is 0.278. The Bertz CT molecular complexity index is 874. The lowest BCUT2D eigenvalue weighted by molar-refractivity contribution is 0.0730. The molecule has 0 aromatic heterocycles. The summed E-state index contributed by atoms with van der Waals surface area (Å²) in [6, 6.07) is 12.7. The van der Waals surface area contributed by atoms with Crippen LogP contribution in [-0.2, 0) is 14.8 Å². The summed E-state index contributed by atoms with van der Waals surface area (Å²) in [6.45, 7) is 6.78. The maximum Gasteiger partial charge on any atom is 0.243 e. The van der Waals surface area contributed by atoms with Crippen LogP contribution in [0.1, 0.15) is 17.5 Å². The maximum atomic E-state index is 12.6. The van der Waals surface area contributed by atoms with E-state index in [1.165, 1.54) is 9.87 Å². The van der Waals surface area contributed by atoms with Crippen LogP contribution >= 0.6 is 0 Å². The Morgan fingerprint density at radius 1 is 0.964 bits per heavy atom. The van der Waals surface area contributed by atoms with E-state index < -0.39 is 10.0 Å². The molecule has 28 heavy (non-hydrogen) atoms. The highest BCUT2D eigenvalue weighted by Crippen LogP contribution is 2.21. The summed E-state index contributed by atoms with van der Waals surface area (Å²) in [5.74, 6) is 1.55. The summed E-state index contributed by atoms with van der Waals surface area (Å²) in [7, 11) is -3.47. The van der Waals surface area contributed by atoms with Crippen molar-refractivity contribution < 1.29 is 22.6 Å². The minimum atomic E-state index is -3.47. The number of hydrogen-bond acceptors (Lipinski definition) is 5. The third-order valence-electron chi connectivity index (χ3n) is 4.59. The zero-order chi connectivity index (χ0) is 20.0. The zero-order valence-electron chi connectivity index (χ0n) is 16.4. The van der Waals surface area contributed by atoms with Gasteiger partial charge in [-0.1, -0.05) is 12.1 Å². The van der Waals surface area contributed by atoms with Gasteiger partial charge >= 0.3 is 0 Å². The van der Waals surface area contributed by atoms with Gasteiger partial charge in [0.2, 0.25) is 10.0 Å². The molecule has 2 aromatic rings. The quantitative estimate of drug-likeness (QED) is 0.631. The molecule has 1 fully saturated rings. The molecular weight excluding hydrogens is 378 g/mol. The van der Waals surface area contributed by atoms with Gasteiger partial charge in [0.1, 0.15) is 11.5 Å². The summed E-state index contributed by atoms with van der Waals surface area (Å²) in [6.07, 6.45) is 0.737. The highest BCUT2D eigenvalue weighted by atomic mass is 32.2. The summed E-state index contributed by atoms with van der Waals surface area (Å²) >= 11 is 0. The number of morpholine rings is 1. The van der Waals surface area contributed by atoms with Gasteiger partial charge in [-0.15, -0.1) is 0 Å². The fourth-order valence-electron chi connectivity index (χ4n) is 2.94. The largest absolute Gasteiger partial charge is 0.493 e. The third kappa shape index (κ3) is 5.25. The molecule has 0 amide bonds. The van der Waals surface area contributed by atoms with Gasteiger partial charge in [-0.2, -0.15) is 4.31 Å². The summed E-state index contributed by atoms with van der Waals surface area (Å²) < 4.78 is 43.4. The SMILES string of the molecule is Cc1ccc(C)c(OCCCOc2ccc(S(=O)(=O)N3CCOCC3)cc2)c1. The van der Waals surface area contributed by atoms with Gasteiger partial charge in [0, 0.05) is 19.5 Å². The number of nitrogens with zero attached hydrogens (tertiary/aromatic N) is 1. The minimum absolute atomic E-state index is 0.278. The lowest BCUT2D eigenvalue weighted by atomic mass is 10.1. The fraction of sp³-hybridized carbons (Fsp3) is 0.429. The summed E-state index contributed by atoms with van der Waals surface area (Å²) in [5, 5.41) is 0. The van der Waals surface area contributed by atoms with E-state index in [0.717, 1.165) is 17.7 Å². The number of benzene rings is 2. The Morgan fingerprint density at radius 3 is 2.36 bits per heavy atom. The maximum absolute atomic E-state index is 12.6. The second kappa shape index (κ2) is 9.41. The van der Waals surface area contributed by atoms with Crippen molar-refractivity contribution in [3.05, 3.63) is 53.6 Å². The molecular formula is C21H27NO5S. The van der Waals surface area contributed by atoms with Crippen molar-refractivity contribution in [1.82, 2.24) is 4.31 Å². The second-order valence-corrected chi connectivity index (χ2v) is 8.75. The van der Waals surface area contributed by atoms with E-state index >= 15 is 0 Å². The van der Waals surface area contributed by atoms with Gasteiger partial charge in [0.05, 0.1) is 31.3 Å². The molecule has 6 nitrogen and oxygen atoms in total. The van der Waals surface area contributed by atoms with Gasteiger partial charge in [-0.25, -0.2) is 8.42 Å². The minimum Gasteiger partial charge on any atom is -0.493 e. The smallest absolute Gasteiger partial charge is 0.243 e. The molecule has 1 aliphatic rings. The fourth-order valence-corrected chi connectivity index (χ4v) is 4.35. The molecule has 0 unspecified atom stereocenters. The Labute approximate surface area is 167 Å². The van der Waals surface area contributed by atoms with Crippen molar-refractivity contribution in [2.45, 2.75) is 25.2 Å². The number of rotatable bonds is 8. The Morgan fingerprint density at radius 2 is 1.64 bits per heavy atom. The van der Waals surface area contributed by atoms with Crippen molar-refractivity contribution >= 4 is 10.0 Å². The van der Waals surface area contributed by atoms with Gasteiger partial charge < -0.3 is 14.2 Å². The van der Waals surface area contributed by atoms with E-state index in [2.05, 4.69) is 6.07 Å². The molecule has 0 atom stereocenters. The normalized spacial score (nSPS) is 15.4. The van der Waals surface area contributed by atoms with Gasteiger partial charge in [-0.05, 0) is 55.3 Å². The topological polar surface area (TPSA) is 65.1 Å². The standard InChI is InChI=1S/C21H27NO5S/c1-17-4-5-18(2)21(16-17)27-13-3-12-26-19-6-8-20(9-7-19)28(23,24)22-10-14-25-15-11-22/h4-9,16H,3,10-15H2,1-2H3. The lowest BCUT2D eigenvalue weighted by Crippen LogP contribution is -2.40. The van der Waals surface area contributed by atoms with E-state index in [0.29, 0.717) is 45.3 Å². The first kappa shape index (κ1) is 20.6. The predicted octanol–water partition coefficient (Wildman–Crippen LogP) is 3.17. The Kier molecular flexibility index (Phi) is 6.93. The highest BCUT2D eigenvalue weighted by molar-refractivity contribution is 7.89. The van der Waals surface area contributed by atoms with Crippen molar-refractivity contribution in [2.24, 2.45) is 0 Å². The third-order valence-corrected chi connectivity index (χ3v) is 6.50. The molecule has 1 aliphatic heterocycles. The van der Waals surface area contributed by atoms with Crippen molar-refractivity contribution in [3.8, 4) is 11.5 Å². The first-order valence-corrected chi connectivity index (χ1v) is 10.9. The molecule has 0 aliphatic carbocycles. The highest BCUT2D eigenvalue weighted by Gasteiger charge is 2.26. The molecule has 2 aromatic carbocycles. The molecule has 3 rings (SSSR count). The van der Waals surface area contributed by atoms with E-state index in [9.17, 15) is 8.42 Å². The lowest BCUT2D eigenvalue weighted by Gasteiger charge is -2.26. The predicted molar refractivity (Wildman–Crippen MR) is 108 cm³/mol. The van der Waals surface area contributed by atoms with Crippen LogP contribution in [0.15, 0.2) is 47.4 Å². The monoisotopic (exact) mass is 405 g/mol. The van der Waals surface area contributed by atoms with Crippen molar-refractivity contribution in [3.63, 3.8) is 0 Å². The van der Waals surface area contributed by atoms with Crippen LogP contribution in [0.2, 0.25) is 0 Å². The number of sulfonamides is 1. The van der Waals surface area contributed by atoms with E-state index in [-0.39, 0.29) is 4.90 Å². The molecule has 7 heteroatoms. The van der Waals surface area contributed by atoms with Crippen LogP contribution < -0.4 is 9.47 Å². The van der Waals surface area contributed by atoms with Crippen molar-refractivity contribution in [2.75, 3.05) is 39.5 Å². The Balaban J connectivity index is 1.46. The average molecular weight is 406 g/mol. The second-order valence-electron chi connectivity index (χ2n) is 6.81. The van der Waals surface area contributed by atoms with Gasteiger partial charge in [0.25, 0.3) is 0 Å². The molecule has 0 bridgehead atoms. The summed E-state index contributed by atoms with van der Waals surface area (Å²) in [5.41, 5.74) is 2.28. The van der Waals surface area contributed by atoms with Gasteiger partial charge in [0.15, 0.2) is 0 Å². The molecule has 1 saturated heterocycles. The van der Waals surface area contributed by atoms with Crippen LogP contribution in [0.5, 0.6) is 11.5 Å². The number of aryl methyl sites for hydroxylation is 2. The van der Waals surface area contributed by atoms with Crippen LogP contribution in [-0.4, -0.2) is 52.2 Å². The molecule has 1 heterocycles.